The summed E-state index contributed by atoms with van der Waals surface area (Å²) in [5, 5.41) is 2.93. The summed E-state index contributed by atoms with van der Waals surface area (Å²) in [4.78, 5) is 11.7. The third kappa shape index (κ3) is 5.86. The number of carbonyl (C=O) groups excluding carboxylic acids is 1. The zero-order chi connectivity index (χ0) is 15.0. The minimum Gasteiger partial charge on any atom is -0.356 e. The smallest absolute Gasteiger partial charge is 0.219 e. The molecule has 1 N–H and O–H groups in total. The second-order valence-electron chi connectivity index (χ2n) is 5.62. The SMILES string of the molecule is CC1(CCNC(=O)CCCCc2ccccc2)OCCO1. The monoisotopic (exact) mass is 291 g/mol. The minimum atomic E-state index is -0.513. The highest BCUT2D eigenvalue weighted by Crippen LogP contribution is 2.21. The van der Waals surface area contributed by atoms with Gasteiger partial charge in [0.15, 0.2) is 5.79 Å². The number of aryl methyl sites for hydroxylation is 1. The quantitative estimate of drug-likeness (QED) is 0.749. The van der Waals surface area contributed by atoms with Crippen molar-refractivity contribution in [2.24, 2.45) is 0 Å². The van der Waals surface area contributed by atoms with E-state index in [1.807, 2.05) is 13.0 Å². The van der Waals surface area contributed by atoms with Gasteiger partial charge in [-0.2, -0.15) is 0 Å². The van der Waals surface area contributed by atoms with Crippen LogP contribution in [-0.4, -0.2) is 31.5 Å². The van der Waals surface area contributed by atoms with E-state index in [0.717, 1.165) is 19.3 Å². The van der Waals surface area contributed by atoms with Gasteiger partial charge < -0.3 is 14.8 Å². The number of amides is 1. The Kier molecular flexibility index (Phi) is 6.21. The summed E-state index contributed by atoms with van der Waals surface area (Å²) in [5.41, 5.74) is 1.33. The number of rotatable bonds is 8. The molecule has 1 heterocycles. The van der Waals surface area contributed by atoms with Gasteiger partial charge in [-0.3, -0.25) is 4.79 Å². The molecule has 21 heavy (non-hydrogen) atoms. The van der Waals surface area contributed by atoms with Gasteiger partial charge in [0.05, 0.1) is 13.2 Å². The maximum absolute atomic E-state index is 11.7. The Hall–Kier alpha value is -1.39. The third-order valence-corrected chi connectivity index (χ3v) is 3.76. The first kappa shape index (κ1) is 16.0. The molecule has 1 aromatic carbocycles. The average Bonchev–Trinajstić information content (AvgIpc) is 2.92. The van der Waals surface area contributed by atoms with Gasteiger partial charge >= 0.3 is 0 Å². The van der Waals surface area contributed by atoms with E-state index >= 15 is 0 Å². The van der Waals surface area contributed by atoms with Crippen LogP contribution in [0.5, 0.6) is 0 Å². The molecule has 0 aromatic heterocycles. The van der Waals surface area contributed by atoms with Crippen LogP contribution in [-0.2, 0) is 20.7 Å². The Morgan fingerprint density at radius 3 is 2.62 bits per heavy atom. The third-order valence-electron chi connectivity index (χ3n) is 3.76. The molecule has 4 heteroatoms. The van der Waals surface area contributed by atoms with Crippen molar-refractivity contribution >= 4 is 5.91 Å². The molecule has 116 valence electrons. The van der Waals surface area contributed by atoms with Crippen LogP contribution in [0.4, 0.5) is 0 Å². The van der Waals surface area contributed by atoms with E-state index in [4.69, 9.17) is 9.47 Å². The summed E-state index contributed by atoms with van der Waals surface area (Å²) in [5.74, 6) is -0.398. The molecule has 0 spiro atoms. The standard InChI is InChI=1S/C17H25NO3/c1-17(20-13-14-21-17)11-12-18-16(19)10-6-5-9-15-7-3-2-4-8-15/h2-4,7-8H,5-6,9-14H2,1H3,(H,18,19). The van der Waals surface area contributed by atoms with Crippen LogP contribution in [0.3, 0.4) is 0 Å². The Morgan fingerprint density at radius 2 is 1.90 bits per heavy atom. The summed E-state index contributed by atoms with van der Waals surface area (Å²) in [6.45, 7) is 3.81. The fourth-order valence-electron chi connectivity index (χ4n) is 2.48. The highest BCUT2D eigenvalue weighted by atomic mass is 16.7. The molecule has 1 saturated heterocycles. The zero-order valence-electron chi connectivity index (χ0n) is 12.8. The number of nitrogens with one attached hydrogen (secondary N) is 1. The van der Waals surface area contributed by atoms with E-state index in [9.17, 15) is 4.79 Å². The Balaban J connectivity index is 1.51. The predicted octanol–water partition coefficient (Wildman–Crippen LogP) is 2.67. The molecule has 1 amide bonds. The summed E-state index contributed by atoms with van der Waals surface area (Å²) in [6, 6.07) is 10.4. The van der Waals surface area contributed by atoms with Gasteiger partial charge in [-0.05, 0) is 31.7 Å². The van der Waals surface area contributed by atoms with E-state index in [-0.39, 0.29) is 5.91 Å². The molecule has 1 aromatic rings. The molecule has 0 bridgehead atoms. The predicted molar refractivity (Wildman–Crippen MR) is 81.9 cm³/mol. The van der Waals surface area contributed by atoms with Crippen molar-refractivity contribution < 1.29 is 14.3 Å². The fourth-order valence-corrected chi connectivity index (χ4v) is 2.48. The normalized spacial score (nSPS) is 16.8. The van der Waals surface area contributed by atoms with E-state index in [2.05, 4.69) is 29.6 Å². The number of benzene rings is 1. The van der Waals surface area contributed by atoms with Crippen molar-refractivity contribution in [2.45, 2.75) is 44.8 Å². The molecule has 1 aliphatic rings. The van der Waals surface area contributed by atoms with Gasteiger partial charge in [-0.15, -0.1) is 0 Å². The van der Waals surface area contributed by atoms with E-state index in [1.165, 1.54) is 5.56 Å². The van der Waals surface area contributed by atoms with Gasteiger partial charge in [0.25, 0.3) is 0 Å². The van der Waals surface area contributed by atoms with Crippen LogP contribution in [0, 0.1) is 0 Å². The van der Waals surface area contributed by atoms with E-state index < -0.39 is 5.79 Å². The van der Waals surface area contributed by atoms with E-state index in [1.54, 1.807) is 0 Å². The topological polar surface area (TPSA) is 47.6 Å². The molecule has 0 unspecified atom stereocenters. The van der Waals surface area contributed by atoms with Crippen LogP contribution in [0.2, 0.25) is 0 Å². The molecule has 4 nitrogen and oxygen atoms in total. The van der Waals surface area contributed by atoms with Gasteiger partial charge in [0.1, 0.15) is 0 Å². The summed E-state index contributed by atoms with van der Waals surface area (Å²) in [6.07, 6.45) is 4.29. The highest BCUT2D eigenvalue weighted by molar-refractivity contribution is 5.75. The lowest BCUT2D eigenvalue weighted by molar-refractivity contribution is -0.146. The lowest BCUT2D eigenvalue weighted by atomic mass is 10.1. The van der Waals surface area contributed by atoms with Crippen molar-refractivity contribution in [3.8, 4) is 0 Å². The summed E-state index contributed by atoms with van der Waals surface area (Å²) < 4.78 is 11.0. The van der Waals surface area contributed by atoms with Crippen LogP contribution < -0.4 is 5.32 Å². The van der Waals surface area contributed by atoms with Crippen LogP contribution in [0.15, 0.2) is 30.3 Å². The van der Waals surface area contributed by atoms with Crippen molar-refractivity contribution in [1.82, 2.24) is 5.32 Å². The van der Waals surface area contributed by atoms with Gasteiger partial charge in [0.2, 0.25) is 5.91 Å². The highest BCUT2D eigenvalue weighted by Gasteiger charge is 2.30. The number of hydrogen-bond acceptors (Lipinski definition) is 3. The number of unbranched alkanes of at least 4 members (excludes halogenated alkanes) is 1. The van der Waals surface area contributed by atoms with Crippen LogP contribution in [0.1, 0.15) is 38.2 Å². The van der Waals surface area contributed by atoms with Crippen LogP contribution >= 0.6 is 0 Å². The molecule has 0 saturated carbocycles. The first-order valence-electron chi connectivity index (χ1n) is 7.76. The first-order valence-corrected chi connectivity index (χ1v) is 7.76. The van der Waals surface area contributed by atoms with Gasteiger partial charge in [0, 0.05) is 19.4 Å². The maximum atomic E-state index is 11.7. The Labute approximate surface area is 126 Å². The van der Waals surface area contributed by atoms with Crippen molar-refractivity contribution in [3.63, 3.8) is 0 Å². The zero-order valence-corrected chi connectivity index (χ0v) is 12.8. The Bertz CT molecular complexity index is 427. The molecule has 1 fully saturated rings. The van der Waals surface area contributed by atoms with Gasteiger partial charge in [-0.25, -0.2) is 0 Å². The summed E-state index contributed by atoms with van der Waals surface area (Å²) >= 11 is 0. The number of carbonyl (C=O) groups is 1. The second kappa shape index (κ2) is 8.15. The molecule has 0 aliphatic carbocycles. The van der Waals surface area contributed by atoms with Crippen molar-refractivity contribution in [3.05, 3.63) is 35.9 Å². The maximum Gasteiger partial charge on any atom is 0.219 e. The largest absolute Gasteiger partial charge is 0.356 e. The molecule has 0 radical (unpaired) electrons. The Morgan fingerprint density at radius 1 is 1.19 bits per heavy atom. The fraction of sp³-hybridized carbons (Fsp3) is 0.588. The molecule has 1 aliphatic heterocycles. The molecule has 0 atom stereocenters. The molecule has 2 rings (SSSR count). The van der Waals surface area contributed by atoms with Crippen molar-refractivity contribution in [2.75, 3.05) is 19.8 Å². The lowest BCUT2D eigenvalue weighted by Gasteiger charge is -2.22. The molecular weight excluding hydrogens is 266 g/mol. The van der Waals surface area contributed by atoms with Crippen molar-refractivity contribution in [1.29, 1.82) is 0 Å². The minimum absolute atomic E-state index is 0.115. The number of hydrogen-bond donors (Lipinski definition) is 1. The van der Waals surface area contributed by atoms with Crippen LogP contribution in [0.25, 0.3) is 0 Å². The average molecular weight is 291 g/mol. The lowest BCUT2D eigenvalue weighted by Crippen LogP contribution is -2.33. The first-order chi connectivity index (χ1) is 10.2. The summed E-state index contributed by atoms with van der Waals surface area (Å²) in [7, 11) is 0. The van der Waals surface area contributed by atoms with Gasteiger partial charge in [-0.1, -0.05) is 30.3 Å². The number of ether oxygens (including phenoxy) is 2. The van der Waals surface area contributed by atoms with E-state index in [0.29, 0.717) is 32.6 Å². The molecular formula is C17H25NO3. The second-order valence-corrected chi connectivity index (χ2v) is 5.62.